The van der Waals surface area contributed by atoms with Gasteiger partial charge in [0.05, 0.1) is 12.6 Å². The second-order valence-electron chi connectivity index (χ2n) is 7.42. The normalized spacial score (nSPS) is 24.0. The number of rotatable bonds is 5. The molecule has 3 unspecified atom stereocenters. The Hall–Kier alpha value is -1.86. The Bertz CT molecular complexity index is 820. The van der Waals surface area contributed by atoms with E-state index in [0.29, 0.717) is 23.5 Å². The van der Waals surface area contributed by atoms with Crippen molar-refractivity contribution in [2.75, 3.05) is 19.7 Å². The summed E-state index contributed by atoms with van der Waals surface area (Å²) in [5.74, 6) is 2.19. The molecule has 0 spiro atoms. The summed E-state index contributed by atoms with van der Waals surface area (Å²) >= 11 is 1.54. The third-order valence-electron chi connectivity index (χ3n) is 5.27. The molecule has 3 atom stereocenters. The molecule has 3 heterocycles. The van der Waals surface area contributed by atoms with Gasteiger partial charge in [-0.2, -0.15) is 4.68 Å². The number of benzene rings is 1. The van der Waals surface area contributed by atoms with Gasteiger partial charge in [-0.25, -0.2) is 4.98 Å². The highest BCUT2D eigenvalue weighted by Crippen LogP contribution is 2.42. The number of ether oxygens (including phenoxy) is 1. The van der Waals surface area contributed by atoms with E-state index < -0.39 is 0 Å². The number of carbonyl (C=O) groups excluding carboxylic acids is 1. The summed E-state index contributed by atoms with van der Waals surface area (Å²) < 4.78 is 7.08. The fourth-order valence-electron chi connectivity index (χ4n) is 4.08. The van der Waals surface area contributed by atoms with Crippen LogP contribution in [0.4, 0.5) is 0 Å². The van der Waals surface area contributed by atoms with Gasteiger partial charge in [0.1, 0.15) is 16.8 Å². The van der Waals surface area contributed by atoms with Gasteiger partial charge in [0.2, 0.25) is 0 Å². The molecule has 0 amide bonds. The lowest BCUT2D eigenvalue weighted by atomic mass is 9.94. The number of likely N-dealkylation sites (tertiary alicyclic amines) is 1. The molecule has 7 heteroatoms. The zero-order valence-electron chi connectivity index (χ0n) is 16.1. The third kappa shape index (κ3) is 3.62. The monoisotopic (exact) mass is 386 g/mol. The lowest BCUT2D eigenvalue weighted by Crippen LogP contribution is -2.43. The summed E-state index contributed by atoms with van der Waals surface area (Å²) in [4.78, 5) is 20.0. The van der Waals surface area contributed by atoms with Crippen LogP contribution in [0.15, 0.2) is 29.4 Å². The van der Waals surface area contributed by atoms with E-state index in [1.807, 2.05) is 26.0 Å². The first-order valence-corrected chi connectivity index (χ1v) is 10.6. The maximum absolute atomic E-state index is 13.1. The first-order valence-electron chi connectivity index (χ1n) is 9.68. The number of aromatic nitrogens is 3. The molecule has 0 saturated carbocycles. The minimum atomic E-state index is -0.219. The lowest BCUT2D eigenvalue weighted by molar-refractivity contribution is 0.0787. The number of nitrogens with zero attached hydrogens (tertiary/aromatic N) is 4. The van der Waals surface area contributed by atoms with Crippen molar-refractivity contribution in [2.24, 2.45) is 5.92 Å². The second-order valence-corrected chi connectivity index (χ2v) is 8.53. The van der Waals surface area contributed by atoms with Gasteiger partial charge in [0, 0.05) is 6.54 Å². The minimum absolute atomic E-state index is 0.0183. The van der Waals surface area contributed by atoms with Crippen LogP contribution in [-0.2, 0) is 0 Å². The van der Waals surface area contributed by atoms with Crippen LogP contribution >= 0.6 is 11.8 Å². The summed E-state index contributed by atoms with van der Waals surface area (Å²) in [7, 11) is 0. The number of hydrogen-bond acceptors (Lipinski definition) is 6. The fourth-order valence-corrected chi connectivity index (χ4v) is 5.38. The summed E-state index contributed by atoms with van der Waals surface area (Å²) in [5.41, 5.74) is 1.15. The van der Waals surface area contributed by atoms with E-state index in [4.69, 9.17) is 4.74 Å². The number of aryl methyl sites for hydroxylation is 1. The summed E-state index contributed by atoms with van der Waals surface area (Å²) in [6, 6.07) is 8.23. The van der Waals surface area contributed by atoms with E-state index in [1.54, 1.807) is 11.8 Å². The summed E-state index contributed by atoms with van der Waals surface area (Å²) in [5, 5.41) is 4.79. The van der Waals surface area contributed by atoms with Gasteiger partial charge < -0.3 is 4.74 Å². The zero-order valence-corrected chi connectivity index (χ0v) is 16.9. The van der Waals surface area contributed by atoms with Crippen molar-refractivity contribution < 1.29 is 9.53 Å². The number of hydrogen-bond donors (Lipinski definition) is 0. The molecule has 2 aliphatic rings. The van der Waals surface area contributed by atoms with E-state index in [0.717, 1.165) is 24.4 Å². The lowest BCUT2D eigenvalue weighted by Gasteiger charge is -2.39. The van der Waals surface area contributed by atoms with E-state index in [1.165, 1.54) is 17.5 Å². The van der Waals surface area contributed by atoms with Crippen molar-refractivity contribution in [3.63, 3.8) is 0 Å². The van der Waals surface area contributed by atoms with Gasteiger partial charge >= 0.3 is 0 Å². The minimum Gasteiger partial charge on any atom is -0.494 e. The number of thioether (sulfide) groups is 1. The quantitative estimate of drug-likeness (QED) is 0.783. The Labute approximate surface area is 164 Å². The molecule has 1 aromatic heterocycles. The largest absolute Gasteiger partial charge is 0.494 e. The topological polar surface area (TPSA) is 60.3 Å². The Morgan fingerprint density at radius 1 is 1.33 bits per heavy atom. The maximum Gasteiger partial charge on any atom is 0.264 e. The van der Waals surface area contributed by atoms with Crippen molar-refractivity contribution in [1.29, 1.82) is 0 Å². The van der Waals surface area contributed by atoms with Crippen LogP contribution in [-0.4, -0.2) is 50.5 Å². The summed E-state index contributed by atoms with van der Waals surface area (Å²) in [6.07, 6.45) is 2.42. The number of carbonyl (C=O) groups is 1. The molecule has 0 radical (unpaired) electrons. The molecule has 1 fully saturated rings. The molecule has 6 nitrogen and oxygen atoms in total. The van der Waals surface area contributed by atoms with Crippen LogP contribution in [0.1, 0.15) is 48.9 Å². The Kier molecular flexibility index (Phi) is 5.23. The van der Waals surface area contributed by atoms with E-state index >= 15 is 0 Å². The van der Waals surface area contributed by atoms with Crippen molar-refractivity contribution in [3.05, 3.63) is 35.7 Å². The first-order chi connectivity index (χ1) is 13.1. The van der Waals surface area contributed by atoms with Gasteiger partial charge in [0.15, 0.2) is 5.16 Å². The van der Waals surface area contributed by atoms with Gasteiger partial charge in [-0.15, -0.1) is 5.10 Å². The van der Waals surface area contributed by atoms with Gasteiger partial charge in [-0.3, -0.25) is 9.69 Å². The molecule has 0 aliphatic carbocycles. The zero-order chi connectivity index (χ0) is 19.0. The van der Waals surface area contributed by atoms with Gasteiger partial charge in [-0.1, -0.05) is 30.8 Å². The molecule has 2 aromatic rings. The van der Waals surface area contributed by atoms with Gasteiger partial charge in [-0.05, 0) is 56.8 Å². The average Bonchev–Trinajstić information content (AvgIpc) is 3.15. The van der Waals surface area contributed by atoms with E-state index in [2.05, 4.69) is 34.0 Å². The fraction of sp³-hybridized carbons (Fsp3) is 0.550. The molecule has 1 saturated heterocycles. The Balaban J connectivity index is 1.66. The van der Waals surface area contributed by atoms with Crippen LogP contribution in [0.2, 0.25) is 0 Å². The summed E-state index contributed by atoms with van der Waals surface area (Å²) in [6.45, 7) is 8.77. The second kappa shape index (κ2) is 7.64. The number of fused-ring (bicyclic) bond motifs is 1. The molecular weight excluding hydrogens is 360 g/mol. The average molecular weight is 387 g/mol. The Morgan fingerprint density at radius 3 is 2.78 bits per heavy atom. The highest BCUT2D eigenvalue weighted by Gasteiger charge is 2.43. The van der Waals surface area contributed by atoms with Gasteiger partial charge in [0.25, 0.3) is 5.91 Å². The molecule has 1 aromatic carbocycles. The highest BCUT2D eigenvalue weighted by atomic mass is 32.2. The molecular formula is C20H26N4O2S. The molecule has 0 bridgehead atoms. The molecule has 144 valence electrons. The van der Waals surface area contributed by atoms with E-state index in [-0.39, 0.29) is 17.2 Å². The predicted molar refractivity (Wildman–Crippen MR) is 105 cm³/mol. The predicted octanol–water partition coefficient (Wildman–Crippen LogP) is 3.57. The first kappa shape index (κ1) is 18.5. The third-order valence-corrected chi connectivity index (χ3v) is 6.46. The van der Waals surface area contributed by atoms with Crippen molar-refractivity contribution in [1.82, 2.24) is 19.7 Å². The van der Waals surface area contributed by atoms with Crippen LogP contribution in [0, 0.1) is 12.8 Å². The van der Waals surface area contributed by atoms with Crippen LogP contribution in [0.5, 0.6) is 5.75 Å². The van der Waals surface area contributed by atoms with Crippen molar-refractivity contribution >= 4 is 17.7 Å². The van der Waals surface area contributed by atoms with Crippen molar-refractivity contribution in [2.45, 2.75) is 50.1 Å². The molecule has 0 N–H and O–H groups in total. The molecule has 4 rings (SSSR count). The van der Waals surface area contributed by atoms with E-state index in [9.17, 15) is 4.79 Å². The van der Waals surface area contributed by atoms with Crippen LogP contribution < -0.4 is 4.74 Å². The smallest absolute Gasteiger partial charge is 0.264 e. The maximum atomic E-state index is 13.1. The molecule has 2 aliphatic heterocycles. The van der Waals surface area contributed by atoms with Crippen molar-refractivity contribution in [3.8, 4) is 5.75 Å². The SMILES string of the molecule is CCOc1ccc(C(C2Sc3nc(C)nn3C2=O)N2CCCC(C)C2)cc1. The highest BCUT2D eigenvalue weighted by molar-refractivity contribution is 8.00. The number of piperidine rings is 1. The van der Waals surface area contributed by atoms with Crippen LogP contribution in [0.25, 0.3) is 0 Å². The Morgan fingerprint density at radius 2 is 2.11 bits per heavy atom. The molecule has 27 heavy (non-hydrogen) atoms. The standard InChI is InChI=1S/C20H26N4O2S/c1-4-26-16-9-7-15(8-10-16)17(23-11-5-6-13(2)12-23)18-19(25)24-20(27-18)21-14(3)22-24/h7-10,13,17-18H,4-6,11-12H2,1-3H3. The van der Waals surface area contributed by atoms with Crippen LogP contribution in [0.3, 0.4) is 0 Å².